The fourth-order valence-electron chi connectivity index (χ4n) is 9.45. The number of carbonyl (C=O) groups excluding carboxylic acids is 2. The number of carbonyl (C=O) groups is 2. The van der Waals surface area contributed by atoms with Crippen molar-refractivity contribution in [2.24, 2.45) is 0 Å². The molecule has 0 atom stereocenters. The molecule has 1 N–H and O–H groups in total. The van der Waals surface area contributed by atoms with Gasteiger partial charge in [0, 0.05) is 0 Å². The van der Waals surface area contributed by atoms with Gasteiger partial charge in [0.05, 0.1) is 0 Å². The van der Waals surface area contributed by atoms with Gasteiger partial charge in [-0.05, 0) is 0 Å². The number of aryl methyl sites for hydroxylation is 2. The molecule has 0 bridgehead atoms. The van der Waals surface area contributed by atoms with Crippen molar-refractivity contribution in [1.82, 2.24) is 0 Å². The Balaban J connectivity index is 1.33. The molecule has 0 spiro atoms. The maximum absolute atomic E-state index is 16.0. The second-order valence-electron chi connectivity index (χ2n) is 16.2. The van der Waals surface area contributed by atoms with Crippen LogP contribution in [-0.4, -0.2) is 17.0 Å². The minimum absolute atomic E-state index is 0.0635. The summed E-state index contributed by atoms with van der Waals surface area (Å²) in [6.07, 6.45) is 0. The topological polar surface area (TPSA) is 72.8 Å². The summed E-state index contributed by atoms with van der Waals surface area (Å²) in [5.41, 5.74) is 1.87. The van der Waals surface area contributed by atoms with Crippen LogP contribution in [0.4, 0.5) is 0 Å². The normalized spacial score (nSPS) is 12.7. The van der Waals surface area contributed by atoms with Gasteiger partial charge in [0.15, 0.2) is 0 Å². The van der Waals surface area contributed by atoms with Gasteiger partial charge in [-0.25, -0.2) is 0 Å². The van der Waals surface area contributed by atoms with Crippen molar-refractivity contribution < 1.29 is 23.7 Å². The zero-order valence-corrected chi connectivity index (χ0v) is 37.9. The fraction of sp³-hybridized carbons (Fsp3) is 0.0345. The van der Waals surface area contributed by atoms with Gasteiger partial charge in [0.25, 0.3) is 0 Å². The van der Waals surface area contributed by atoms with Crippen LogP contribution in [0, 0.1) is 13.8 Å². The van der Waals surface area contributed by atoms with Crippen molar-refractivity contribution in [3.05, 3.63) is 271 Å². The molecule has 0 heterocycles. The molecule has 0 aliphatic heterocycles. The SMILES string of the molecule is Cc1ccc(P(OC(=O)c2ccc(O)cc2C(=O)OP(c2ccccc2)(c2ccccc2)(c2ccccc2)c2ccc(C)cc2)(c2ccccc2)(c2ccccc2)c2ccccc2)cc1. The number of rotatable bonds is 12. The summed E-state index contributed by atoms with van der Waals surface area (Å²) in [5.74, 6) is -1.78. The third-order valence-electron chi connectivity index (χ3n) is 12.5. The Morgan fingerprint density at radius 1 is 0.323 bits per heavy atom. The molecule has 0 saturated heterocycles. The van der Waals surface area contributed by atoms with Crippen LogP contribution in [0.2, 0.25) is 0 Å². The molecular weight excluding hydrogens is 839 g/mol. The van der Waals surface area contributed by atoms with Crippen LogP contribution in [0.3, 0.4) is 0 Å². The molecule has 0 fully saturated rings. The van der Waals surface area contributed by atoms with E-state index < -0.39 is 25.6 Å². The second kappa shape index (κ2) is 17.3. The Morgan fingerprint density at radius 2 is 0.569 bits per heavy atom. The number of phenols is 1. The van der Waals surface area contributed by atoms with Gasteiger partial charge >= 0.3 is 382 Å². The Morgan fingerprint density at radius 3 is 0.846 bits per heavy atom. The van der Waals surface area contributed by atoms with Gasteiger partial charge in [-0.1, -0.05) is 0 Å². The summed E-state index contributed by atoms with van der Waals surface area (Å²) >= 11 is 0. The molecule has 0 aliphatic carbocycles. The van der Waals surface area contributed by atoms with Crippen LogP contribution in [0.25, 0.3) is 0 Å². The van der Waals surface area contributed by atoms with Crippen molar-refractivity contribution in [1.29, 1.82) is 0 Å². The maximum atomic E-state index is 16.0. The van der Waals surface area contributed by atoms with E-state index in [1.54, 1.807) is 0 Å². The quantitative estimate of drug-likeness (QED) is 0.124. The summed E-state index contributed by atoms with van der Waals surface area (Å²) in [6.45, 7) is -5.12. The Bertz CT molecular complexity index is 2890. The van der Waals surface area contributed by atoms with Crippen molar-refractivity contribution in [3.8, 4) is 5.75 Å². The third-order valence-corrected chi connectivity index (χ3v) is 23.9. The first-order chi connectivity index (χ1) is 31.7. The molecule has 0 radical (unpaired) electrons. The van der Waals surface area contributed by atoms with E-state index in [-0.39, 0.29) is 16.9 Å². The van der Waals surface area contributed by atoms with E-state index in [2.05, 4.69) is 0 Å². The van der Waals surface area contributed by atoms with Gasteiger partial charge in [0.1, 0.15) is 0 Å². The van der Waals surface area contributed by atoms with Gasteiger partial charge in [0.2, 0.25) is 0 Å². The number of phenolic OH excluding ortho intramolecular Hbond substituents is 1. The van der Waals surface area contributed by atoms with Crippen molar-refractivity contribution >= 4 is 68.0 Å². The zero-order valence-electron chi connectivity index (χ0n) is 36.1. The summed E-state index contributed by atoms with van der Waals surface area (Å²) < 4.78 is 15.1. The molecule has 0 amide bonds. The van der Waals surface area contributed by atoms with Gasteiger partial charge < -0.3 is 0 Å². The first-order valence-electron chi connectivity index (χ1n) is 21.5. The summed E-state index contributed by atoms with van der Waals surface area (Å²) in [5, 5.41) is 17.6. The average Bonchev–Trinajstić information content (AvgIpc) is 3.37. The predicted octanol–water partition coefficient (Wildman–Crippen LogP) is 9.86. The Hall–Kier alpha value is -7.42. The first kappa shape index (κ1) is 42.9. The molecule has 0 saturated carbocycles. The fourth-order valence-corrected chi connectivity index (χ4v) is 20.6. The first-order valence-corrected chi connectivity index (χ1v) is 25.8. The van der Waals surface area contributed by atoms with E-state index in [0.717, 1.165) is 53.6 Å². The number of benzene rings is 9. The monoisotopic (exact) mass is 886 g/mol. The summed E-state index contributed by atoms with van der Waals surface area (Å²) in [4.78, 5) is 31.9. The zero-order chi connectivity index (χ0) is 45.0. The van der Waals surface area contributed by atoms with Crippen LogP contribution in [0.1, 0.15) is 31.8 Å². The van der Waals surface area contributed by atoms with E-state index in [0.29, 0.717) is 0 Å². The molecule has 0 unspecified atom stereocenters. The van der Waals surface area contributed by atoms with Crippen LogP contribution in [0.5, 0.6) is 5.75 Å². The Labute approximate surface area is 380 Å². The predicted molar refractivity (Wildman–Crippen MR) is 271 cm³/mol. The number of hydrogen-bond donors (Lipinski definition) is 1. The van der Waals surface area contributed by atoms with Crippen LogP contribution in [0.15, 0.2) is 249 Å². The summed E-state index contributed by atoms with van der Waals surface area (Å²) in [6, 6.07) is 79.7. The molecule has 65 heavy (non-hydrogen) atoms. The van der Waals surface area contributed by atoms with Crippen LogP contribution in [-0.2, 0) is 9.05 Å². The van der Waals surface area contributed by atoms with Crippen molar-refractivity contribution in [3.63, 3.8) is 0 Å². The number of aromatic hydroxyl groups is 1. The summed E-state index contributed by atoms with van der Waals surface area (Å²) in [7, 11) is 0. The third kappa shape index (κ3) is 6.79. The second-order valence-corrected chi connectivity index (χ2v) is 24.9. The van der Waals surface area contributed by atoms with E-state index in [4.69, 9.17) is 9.05 Å². The van der Waals surface area contributed by atoms with E-state index in [1.165, 1.54) is 18.2 Å². The standard InChI is InChI=1S/C58H48O5P2/c1-44-33-38-53(39-34-44)64(47-21-9-3-10-22-47,48-23-11-4-12-24-48,49-25-13-5-14-26-49)62-57(60)55-42-37-46(59)43-56(55)58(61)63-65(50-27-15-6-16-28-50,51-29-17-7-18-30-51,52-31-19-8-20-32-52)54-40-35-45(2)36-41-54/h3-43,59H,1-2H3. The van der Waals surface area contributed by atoms with E-state index in [9.17, 15) is 5.11 Å². The van der Waals surface area contributed by atoms with Crippen LogP contribution >= 0.6 is 13.7 Å². The molecule has 0 aromatic heterocycles. The van der Waals surface area contributed by atoms with Gasteiger partial charge in [-0.15, -0.1) is 0 Å². The molecular formula is C58H48O5P2. The van der Waals surface area contributed by atoms with E-state index >= 15 is 9.59 Å². The number of hydrogen-bond acceptors (Lipinski definition) is 5. The average molecular weight is 887 g/mol. The molecule has 0 aliphatic rings. The van der Waals surface area contributed by atoms with Crippen molar-refractivity contribution in [2.75, 3.05) is 0 Å². The van der Waals surface area contributed by atoms with Gasteiger partial charge in [-0.3, -0.25) is 0 Å². The minimum atomic E-state index is -4.60. The van der Waals surface area contributed by atoms with E-state index in [1.807, 2.05) is 244 Å². The van der Waals surface area contributed by atoms with Gasteiger partial charge in [-0.2, -0.15) is 0 Å². The molecule has 9 aromatic rings. The van der Waals surface area contributed by atoms with Crippen molar-refractivity contribution in [2.45, 2.75) is 13.8 Å². The molecule has 5 nitrogen and oxygen atoms in total. The molecule has 9 aromatic carbocycles. The van der Waals surface area contributed by atoms with Crippen LogP contribution < -0.4 is 42.4 Å². The Kier molecular flexibility index (Phi) is 11.4. The molecule has 9 rings (SSSR count). The molecule has 320 valence electrons. The molecule has 7 heteroatoms.